The number of hydrogen-bond acceptors (Lipinski definition) is 5. The Labute approximate surface area is 135 Å². The number of hydrogen-bond donors (Lipinski definition) is 2. The fraction of sp³-hybridized carbons (Fsp3) is 0.467. The summed E-state index contributed by atoms with van der Waals surface area (Å²) in [5.41, 5.74) is 0.654. The van der Waals surface area contributed by atoms with Gasteiger partial charge in [0.05, 0.1) is 18.0 Å². The van der Waals surface area contributed by atoms with E-state index in [4.69, 9.17) is 0 Å². The lowest BCUT2D eigenvalue weighted by atomic mass is 10.1. The summed E-state index contributed by atoms with van der Waals surface area (Å²) in [4.78, 5) is 35.9. The zero-order valence-corrected chi connectivity index (χ0v) is 13.6. The Morgan fingerprint density at radius 1 is 1.22 bits per heavy atom. The van der Waals surface area contributed by atoms with Crippen LogP contribution in [0.15, 0.2) is 18.2 Å². The van der Waals surface area contributed by atoms with Gasteiger partial charge in [-0.15, -0.1) is 0 Å². The van der Waals surface area contributed by atoms with Crippen molar-refractivity contribution in [2.24, 2.45) is 0 Å². The van der Waals surface area contributed by atoms with Crippen LogP contribution in [0.2, 0.25) is 0 Å². The molecule has 1 rings (SSSR count). The minimum absolute atomic E-state index is 0.0148. The van der Waals surface area contributed by atoms with Crippen LogP contribution < -0.4 is 10.6 Å². The van der Waals surface area contributed by atoms with E-state index in [1.54, 1.807) is 24.0 Å². The summed E-state index contributed by atoms with van der Waals surface area (Å²) in [7, 11) is 0. The lowest BCUT2D eigenvalue weighted by molar-refractivity contribution is -0.384. The summed E-state index contributed by atoms with van der Waals surface area (Å²) in [5, 5.41) is 16.3. The van der Waals surface area contributed by atoms with E-state index < -0.39 is 10.8 Å². The standard InChI is InChI=1S/C15H22N4O4/c1-4-16-13(20)9-18(5-2)10-14(21)17-15-11(3)7-6-8-12(15)19(22)23/h6-8H,4-5,9-10H2,1-3H3,(H,16,20)(H,17,21). The lowest BCUT2D eigenvalue weighted by Gasteiger charge is -2.19. The Bertz CT molecular complexity index is 589. The van der Waals surface area contributed by atoms with Crippen molar-refractivity contribution >= 4 is 23.2 Å². The van der Waals surface area contributed by atoms with Gasteiger partial charge in [-0.05, 0) is 26.0 Å². The van der Waals surface area contributed by atoms with Crippen LogP contribution in [0.1, 0.15) is 19.4 Å². The molecule has 0 heterocycles. The van der Waals surface area contributed by atoms with E-state index in [0.717, 1.165) is 0 Å². The molecule has 23 heavy (non-hydrogen) atoms. The summed E-state index contributed by atoms with van der Waals surface area (Å²) in [5.74, 6) is -0.558. The van der Waals surface area contributed by atoms with Gasteiger partial charge in [0.2, 0.25) is 11.8 Å². The van der Waals surface area contributed by atoms with Crippen molar-refractivity contribution in [1.82, 2.24) is 10.2 Å². The van der Waals surface area contributed by atoms with Crippen molar-refractivity contribution < 1.29 is 14.5 Å². The highest BCUT2D eigenvalue weighted by molar-refractivity contribution is 5.95. The zero-order valence-electron chi connectivity index (χ0n) is 13.6. The third-order valence-corrected chi connectivity index (χ3v) is 3.27. The number of nitro benzene ring substituents is 1. The third kappa shape index (κ3) is 5.67. The first-order chi connectivity index (χ1) is 10.9. The Kier molecular flexibility index (Phi) is 7.14. The second kappa shape index (κ2) is 8.84. The van der Waals surface area contributed by atoms with Crippen LogP contribution in [-0.4, -0.2) is 47.8 Å². The minimum Gasteiger partial charge on any atom is -0.355 e. The van der Waals surface area contributed by atoms with Gasteiger partial charge >= 0.3 is 0 Å². The van der Waals surface area contributed by atoms with Gasteiger partial charge in [0.15, 0.2) is 0 Å². The van der Waals surface area contributed by atoms with Crippen LogP contribution in [0.5, 0.6) is 0 Å². The summed E-state index contributed by atoms with van der Waals surface area (Å²) < 4.78 is 0. The Hall–Kier alpha value is -2.48. The van der Waals surface area contributed by atoms with Crippen molar-refractivity contribution in [3.05, 3.63) is 33.9 Å². The molecule has 1 aromatic carbocycles. The summed E-state index contributed by atoms with van der Waals surface area (Å²) in [6.45, 7) is 6.47. The molecule has 0 aromatic heterocycles. The molecule has 8 nitrogen and oxygen atoms in total. The summed E-state index contributed by atoms with van der Waals surface area (Å²) in [6.07, 6.45) is 0. The molecular weight excluding hydrogens is 300 g/mol. The number of para-hydroxylation sites is 1. The topological polar surface area (TPSA) is 105 Å². The van der Waals surface area contributed by atoms with Crippen molar-refractivity contribution in [2.75, 3.05) is 31.5 Å². The normalized spacial score (nSPS) is 10.4. The Balaban J connectivity index is 2.76. The number of amides is 2. The van der Waals surface area contributed by atoms with Gasteiger partial charge in [0.25, 0.3) is 5.69 Å². The number of aryl methyl sites for hydroxylation is 1. The smallest absolute Gasteiger partial charge is 0.293 e. The molecule has 0 saturated heterocycles. The maximum Gasteiger partial charge on any atom is 0.293 e. The number of likely N-dealkylation sites (N-methyl/N-ethyl adjacent to an activating group) is 2. The molecule has 8 heteroatoms. The number of nitrogens with zero attached hydrogens (tertiary/aromatic N) is 2. The number of carbonyl (C=O) groups excluding carboxylic acids is 2. The lowest BCUT2D eigenvalue weighted by Crippen LogP contribution is -2.41. The maximum atomic E-state index is 12.1. The van der Waals surface area contributed by atoms with Crippen LogP contribution in [-0.2, 0) is 9.59 Å². The molecule has 0 bridgehead atoms. The zero-order chi connectivity index (χ0) is 17.4. The van der Waals surface area contributed by atoms with Gasteiger partial charge in [-0.25, -0.2) is 0 Å². The molecule has 1 aromatic rings. The molecule has 126 valence electrons. The molecule has 0 radical (unpaired) electrons. The predicted octanol–water partition coefficient (Wildman–Crippen LogP) is 1.30. The number of rotatable bonds is 8. The number of nitro groups is 1. The number of benzene rings is 1. The van der Waals surface area contributed by atoms with E-state index in [1.165, 1.54) is 6.07 Å². The quantitative estimate of drug-likeness (QED) is 0.554. The monoisotopic (exact) mass is 322 g/mol. The van der Waals surface area contributed by atoms with Crippen molar-refractivity contribution in [2.45, 2.75) is 20.8 Å². The molecule has 0 atom stereocenters. The van der Waals surface area contributed by atoms with Crippen LogP contribution >= 0.6 is 0 Å². The van der Waals surface area contributed by atoms with Crippen molar-refractivity contribution in [3.63, 3.8) is 0 Å². The van der Waals surface area contributed by atoms with Gasteiger partial charge in [0, 0.05) is 12.6 Å². The summed E-state index contributed by atoms with van der Waals surface area (Å²) in [6, 6.07) is 4.60. The number of anilines is 1. The van der Waals surface area contributed by atoms with Crippen molar-refractivity contribution in [3.8, 4) is 0 Å². The molecule has 0 saturated carbocycles. The Morgan fingerprint density at radius 2 is 1.87 bits per heavy atom. The molecule has 0 spiro atoms. The van der Waals surface area contributed by atoms with E-state index in [2.05, 4.69) is 10.6 Å². The van der Waals surface area contributed by atoms with Crippen LogP contribution in [0, 0.1) is 17.0 Å². The highest BCUT2D eigenvalue weighted by atomic mass is 16.6. The highest BCUT2D eigenvalue weighted by Crippen LogP contribution is 2.27. The van der Waals surface area contributed by atoms with Gasteiger partial charge < -0.3 is 10.6 Å². The largest absolute Gasteiger partial charge is 0.355 e. The van der Waals surface area contributed by atoms with E-state index in [-0.39, 0.29) is 30.4 Å². The van der Waals surface area contributed by atoms with Gasteiger partial charge in [-0.2, -0.15) is 0 Å². The van der Waals surface area contributed by atoms with Crippen molar-refractivity contribution in [1.29, 1.82) is 0 Å². The first-order valence-electron chi connectivity index (χ1n) is 7.41. The van der Waals surface area contributed by atoms with Gasteiger partial charge in [0.1, 0.15) is 5.69 Å². The molecule has 2 N–H and O–H groups in total. The first-order valence-corrected chi connectivity index (χ1v) is 7.41. The van der Waals surface area contributed by atoms with Gasteiger partial charge in [-0.1, -0.05) is 19.1 Å². The fourth-order valence-corrected chi connectivity index (χ4v) is 2.08. The summed E-state index contributed by atoms with van der Waals surface area (Å²) >= 11 is 0. The number of carbonyl (C=O) groups is 2. The molecule has 0 aliphatic carbocycles. The Morgan fingerprint density at radius 3 is 2.43 bits per heavy atom. The number of nitrogens with one attached hydrogen (secondary N) is 2. The van der Waals surface area contributed by atoms with E-state index in [9.17, 15) is 19.7 Å². The van der Waals surface area contributed by atoms with E-state index >= 15 is 0 Å². The minimum atomic E-state index is -0.533. The average Bonchev–Trinajstić information content (AvgIpc) is 2.48. The third-order valence-electron chi connectivity index (χ3n) is 3.27. The highest BCUT2D eigenvalue weighted by Gasteiger charge is 2.19. The first kappa shape index (κ1) is 18.6. The molecule has 0 fully saturated rings. The maximum absolute atomic E-state index is 12.1. The second-order valence-corrected chi connectivity index (χ2v) is 5.03. The van der Waals surface area contributed by atoms with Crippen LogP contribution in [0.3, 0.4) is 0 Å². The molecule has 2 amide bonds. The SMILES string of the molecule is CCNC(=O)CN(CC)CC(=O)Nc1c(C)cccc1[N+](=O)[O-]. The predicted molar refractivity (Wildman–Crippen MR) is 87.3 cm³/mol. The molecule has 0 aliphatic heterocycles. The molecular formula is C15H22N4O4. The molecule has 0 aliphatic rings. The van der Waals surface area contributed by atoms with Crippen LogP contribution in [0.25, 0.3) is 0 Å². The van der Waals surface area contributed by atoms with E-state index in [1.807, 2.05) is 13.8 Å². The second-order valence-electron chi connectivity index (χ2n) is 5.03. The van der Waals surface area contributed by atoms with Crippen LogP contribution in [0.4, 0.5) is 11.4 Å². The average molecular weight is 322 g/mol. The fourth-order valence-electron chi connectivity index (χ4n) is 2.08. The molecule has 0 unspecified atom stereocenters. The van der Waals surface area contributed by atoms with Gasteiger partial charge in [-0.3, -0.25) is 24.6 Å². The van der Waals surface area contributed by atoms with E-state index in [0.29, 0.717) is 18.7 Å².